The van der Waals surface area contributed by atoms with Crippen molar-refractivity contribution < 1.29 is 4.52 Å². The molecule has 0 amide bonds. The van der Waals surface area contributed by atoms with E-state index in [1.165, 1.54) is 6.39 Å². The van der Waals surface area contributed by atoms with Crippen molar-refractivity contribution in [3.63, 3.8) is 0 Å². The summed E-state index contributed by atoms with van der Waals surface area (Å²) in [6.07, 6.45) is 2.55. The first kappa shape index (κ1) is 10.6. The Balaban J connectivity index is 1.94. The second kappa shape index (κ2) is 4.72. The van der Waals surface area contributed by atoms with Crippen LogP contribution in [0.25, 0.3) is 0 Å². The van der Waals surface area contributed by atoms with E-state index in [2.05, 4.69) is 34.2 Å². The van der Waals surface area contributed by atoms with Crippen LogP contribution in [0.4, 0.5) is 0 Å². The lowest BCUT2D eigenvalue weighted by Gasteiger charge is -2.37. The monoisotopic (exact) mass is 210 g/mol. The zero-order chi connectivity index (χ0) is 10.7. The lowest BCUT2D eigenvalue weighted by Crippen LogP contribution is -2.54. The Morgan fingerprint density at radius 1 is 1.67 bits per heavy atom. The van der Waals surface area contributed by atoms with Crippen LogP contribution >= 0.6 is 0 Å². The van der Waals surface area contributed by atoms with Crippen molar-refractivity contribution in [1.29, 1.82) is 0 Å². The summed E-state index contributed by atoms with van der Waals surface area (Å²) < 4.78 is 4.74. The fraction of sp³-hybridized carbons (Fsp3) is 0.800. The van der Waals surface area contributed by atoms with E-state index in [1.54, 1.807) is 0 Å². The van der Waals surface area contributed by atoms with Crippen molar-refractivity contribution in [2.75, 3.05) is 13.1 Å². The summed E-state index contributed by atoms with van der Waals surface area (Å²) in [7, 11) is 0. The van der Waals surface area contributed by atoms with Gasteiger partial charge in [-0.05, 0) is 13.3 Å². The van der Waals surface area contributed by atoms with Crippen molar-refractivity contribution in [1.82, 2.24) is 20.4 Å². The van der Waals surface area contributed by atoms with Gasteiger partial charge < -0.3 is 9.84 Å². The summed E-state index contributed by atoms with van der Waals surface area (Å²) in [6.45, 7) is 7.32. The summed E-state index contributed by atoms with van der Waals surface area (Å²) >= 11 is 0. The summed E-state index contributed by atoms with van der Waals surface area (Å²) in [5.74, 6) is 0.776. The molecule has 0 radical (unpaired) electrons. The average molecular weight is 210 g/mol. The highest BCUT2D eigenvalue weighted by atomic mass is 16.5. The van der Waals surface area contributed by atoms with Crippen LogP contribution < -0.4 is 5.32 Å². The molecule has 0 aromatic carbocycles. The van der Waals surface area contributed by atoms with Gasteiger partial charge in [0.1, 0.15) is 0 Å². The first-order chi connectivity index (χ1) is 7.29. The summed E-state index contributed by atoms with van der Waals surface area (Å²) in [5.41, 5.74) is 0. The zero-order valence-electron chi connectivity index (χ0n) is 9.31. The molecule has 1 fully saturated rings. The van der Waals surface area contributed by atoms with Crippen LogP contribution in [0.3, 0.4) is 0 Å². The molecule has 2 atom stereocenters. The van der Waals surface area contributed by atoms with Crippen LogP contribution in [-0.2, 0) is 6.54 Å². The van der Waals surface area contributed by atoms with E-state index in [0.717, 1.165) is 31.9 Å². The number of nitrogens with zero attached hydrogens (tertiary/aromatic N) is 3. The molecule has 2 rings (SSSR count). The maximum atomic E-state index is 4.74. The van der Waals surface area contributed by atoms with Crippen LogP contribution in [0.5, 0.6) is 0 Å². The van der Waals surface area contributed by atoms with Gasteiger partial charge >= 0.3 is 0 Å². The van der Waals surface area contributed by atoms with E-state index in [1.807, 2.05) is 0 Å². The van der Waals surface area contributed by atoms with Gasteiger partial charge in [0.15, 0.2) is 5.82 Å². The minimum Gasteiger partial charge on any atom is -0.343 e. The van der Waals surface area contributed by atoms with Gasteiger partial charge in [-0.3, -0.25) is 4.90 Å². The lowest BCUT2D eigenvalue weighted by atomic mass is 10.1. The standard InChI is InChI=1S/C10H18N4O/c1-3-9-5-14(8(2)4-11-9)6-10-12-7-15-13-10/h7-9,11H,3-6H2,1-2H3. The molecule has 0 saturated carbocycles. The Morgan fingerprint density at radius 2 is 2.53 bits per heavy atom. The van der Waals surface area contributed by atoms with E-state index in [4.69, 9.17) is 4.52 Å². The smallest absolute Gasteiger partial charge is 0.213 e. The highest BCUT2D eigenvalue weighted by Crippen LogP contribution is 2.11. The SMILES string of the molecule is CCC1CN(Cc2ncon2)C(C)CN1. The second-order valence-corrected chi connectivity index (χ2v) is 4.14. The average Bonchev–Trinajstić information content (AvgIpc) is 2.74. The quantitative estimate of drug-likeness (QED) is 0.793. The molecule has 2 heterocycles. The summed E-state index contributed by atoms with van der Waals surface area (Å²) in [5, 5.41) is 7.37. The number of hydrogen-bond acceptors (Lipinski definition) is 5. The molecule has 1 saturated heterocycles. The Morgan fingerprint density at radius 3 is 3.20 bits per heavy atom. The molecule has 1 aromatic heterocycles. The van der Waals surface area contributed by atoms with Gasteiger partial charge in [0, 0.05) is 25.2 Å². The Bertz CT molecular complexity index is 288. The third kappa shape index (κ3) is 2.54. The third-order valence-electron chi connectivity index (χ3n) is 3.02. The van der Waals surface area contributed by atoms with Crippen LogP contribution in [0.15, 0.2) is 10.9 Å². The van der Waals surface area contributed by atoms with Crippen molar-refractivity contribution in [3.8, 4) is 0 Å². The highest BCUT2D eigenvalue weighted by molar-refractivity contribution is 4.87. The van der Waals surface area contributed by atoms with Crippen molar-refractivity contribution >= 4 is 0 Å². The van der Waals surface area contributed by atoms with Crippen LogP contribution in [0.2, 0.25) is 0 Å². The molecule has 0 aliphatic carbocycles. The van der Waals surface area contributed by atoms with Crippen LogP contribution in [0, 0.1) is 0 Å². The largest absolute Gasteiger partial charge is 0.343 e. The maximum absolute atomic E-state index is 4.74. The molecule has 1 aliphatic rings. The fourth-order valence-electron chi connectivity index (χ4n) is 1.93. The Hall–Kier alpha value is -0.940. The van der Waals surface area contributed by atoms with Crippen molar-refractivity contribution in [3.05, 3.63) is 12.2 Å². The van der Waals surface area contributed by atoms with Gasteiger partial charge in [-0.2, -0.15) is 4.98 Å². The predicted molar refractivity (Wildman–Crippen MR) is 56.3 cm³/mol. The Kier molecular flexibility index (Phi) is 3.33. The van der Waals surface area contributed by atoms with Gasteiger partial charge in [-0.1, -0.05) is 12.1 Å². The van der Waals surface area contributed by atoms with E-state index >= 15 is 0 Å². The highest BCUT2D eigenvalue weighted by Gasteiger charge is 2.24. The molecule has 5 nitrogen and oxygen atoms in total. The van der Waals surface area contributed by atoms with Gasteiger partial charge in [-0.25, -0.2) is 0 Å². The van der Waals surface area contributed by atoms with E-state index < -0.39 is 0 Å². The maximum Gasteiger partial charge on any atom is 0.213 e. The molecule has 0 spiro atoms. The molecule has 1 aliphatic heterocycles. The topological polar surface area (TPSA) is 54.2 Å². The van der Waals surface area contributed by atoms with Crippen LogP contribution in [-0.4, -0.2) is 40.2 Å². The fourth-order valence-corrected chi connectivity index (χ4v) is 1.93. The third-order valence-corrected chi connectivity index (χ3v) is 3.02. The number of hydrogen-bond donors (Lipinski definition) is 1. The molecule has 5 heteroatoms. The predicted octanol–water partition coefficient (Wildman–Crippen LogP) is 0.642. The van der Waals surface area contributed by atoms with E-state index in [0.29, 0.717) is 12.1 Å². The lowest BCUT2D eigenvalue weighted by molar-refractivity contribution is 0.127. The summed E-state index contributed by atoms with van der Waals surface area (Å²) in [6, 6.07) is 1.12. The first-order valence-electron chi connectivity index (χ1n) is 5.52. The normalized spacial score (nSPS) is 28.1. The number of piperazine rings is 1. The van der Waals surface area contributed by atoms with E-state index in [9.17, 15) is 0 Å². The first-order valence-corrected chi connectivity index (χ1v) is 5.52. The van der Waals surface area contributed by atoms with Gasteiger partial charge in [0.2, 0.25) is 6.39 Å². The van der Waals surface area contributed by atoms with Gasteiger partial charge in [0.05, 0.1) is 6.54 Å². The molecule has 1 N–H and O–H groups in total. The number of aromatic nitrogens is 2. The molecule has 1 aromatic rings. The Labute approximate surface area is 89.8 Å². The second-order valence-electron chi connectivity index (χ2n) is 4.14. The van der Waals surface area contributed by atoms with Crippen molar-refractivity contribution in [2.45, 2.75) is 38.9 Å². The van der Waals surface area contributed by atoms with Crippen LogP contribution in [0.1, 0.15) is 26.1 Å². The number of nitrogens with one attached hydrogen (secondary N) is 1. The molecule has 84 valence electrons. The van der Waals surface area contributed by atoms with Crippen molar-refractivity contribution in [2.24, 2.45) is 0 Å². The van der Waals surface area contributed by atoms with Gasteiger partial charge in [-0.15, -0.1) is 0 Å². The molecular formula is C10H18N4O. The van der Waals surface area contributed by atoms with Gasteiger partial charge in [0.25, 0.3) is 0 Å². The molecule has 0 bridgehead atoms. The minimum atomic E-state index is 0.534. The summed E-state index contributed by atoms with van der Waals surface area (Å²) in [4.78, 5) is 6.45. The zero-order valence-corrected chi connectivity index (χ0v) is 9.31. The molecule has 15 heavy (non-hydrogen) atoms. The number of rotatable bonds is 3. The molecule has 2 unspecified atom stereocenters. The molecular weight excluding hydrogens is 192 g/mol. The van der Waals surface area contributed by atoms with E-state index in [-0.39, 0.29) is 0 Å². The minimum absolute atomic E-state index is 0.534.